The summed E-state index contributed by atoms with van der Waals surface area (Å²) >= 11 is 7.36. The number of carbonyl (C=O) groups excluding carboxylic acids is 1. The average molecular weight is 417 g/mol. The number of anilines is 1. The number of carboxylic acid groups (broad SMARTS) is 1. The lowest BCUT2D eigenvalue weighted by atomic mass is 10.1. The fourth-order valence-electron chi connectivity index (χ4n) is 3.06. The smallest absolute Gasteiger partial charge is 0.303 e. The molecule has 3 rings (SSSR count). The van der Waals surface area contributed by atoms with Crippen LogP contribution in [0.5, 0.6) is 0 Å². The maximum Gasteiger partial charge on any atom is 0.303 e. The zero-order chi connectivity index (χ0) is 19.1. The Balaban J connectivity index is 1.97. The van der Waals surface area contributed by atoms with Crippen LogP contribution >= 0.6 is 23.4 Å². The lowest BCUT2D eigenvalue weighted by molar-refractivity contribution is -0.138. The lowest BCUT2D eigenvalue weighted by Crippen LogP contribution is -2.38. The molecule has 2 unspecified atom stereocenters. The van der Waals surface area contributed by atoms with Crippen LogP contribution in [0.3, 0.4) is 0 Å². The third kappa shape index (κ3) is 4.05. The van der Waals surface area contributed by atoms with E-state index >= 15 is 0 Å². The topological polar surface area (TPSA) is 104 Å². The van der Waals surface area contributed by atoms with E-state index in [4.69, 9.17) is 16.7 Å². The van der Waals surface area contributed by atoms with Gasteiger partial charge in [-0.25, -0.2) is 8.42 Å². The molecular weight excluding hydrogens is 400 g/mol. The highest BCUT2D eigenvalue weighted by molar-refractivity contribution is 8.16. The predicted octanol–water partition coefficient (Wildman–Crippen LogP) is 2.11. The number of hydrogen-bond acceptors (Lipinski definition) is 5. The Kier molecular flexibility index (Phi) is 5.32. The largest absolute Gasteiger partial charge is 0.481 e. The van der Waals surface area contributed by atoms with E-state index in [1.54, 1.807) is 17.0 Å². The number of halogens is 1. The van der Waals surface area contributed by atoms with Crippen molar-refractivity contribution in [2.45, 2.75) is 31.1 Å². The Morgan fingerprint density at radius 3 is 2.77 bits per heavy atom. The van der Waals surface area contributed by atoms with Crippen molar-refractivity contribution in [3.05, 3.63) is 28.8 Å². The molecule has 0 bridgehead atoms. The number of amides is 1. The van der Waals surface area contributed by atoms with Gasteiger partial charge in [0.1, 0.15) is 0 Å². The number of aliphatic carboxylic acids is 1. The SMILES string of the molecule is Cc1ccc(Cl)cc1N1C(=NC(=O)CCC(=O)O)SC2CS(=O)(=O)CC21. The fourth-order valence-corrected chi connectivity index (χ4v) is 7.16. The number of hydrogen-bond donors (Lipinski definition) is 1. The van der Waals surface area contributed by atoms with Gasteiger partial charge in [0.15, 0.2) is 15.0 Å². The minimum atomic E-state index is -3.16. The quantitative estimate of drug-likeness (QED) is 0.801. The van der Waals surface area contributed by atoms with Crippen molar-refractivity contribution < 1.29 is 23.1 Å². The van der Waals surface area contributed by atoms with Crippen molar-refractivity contribution in [3.63, 3.8) is 0 Å². The molecule has 1 aromatic carbocycles. The Hall–Kier alpha value is -1.58. The van der Waals surface area contributed by atoms with Gasteiger partial charge >= 0.3 is 5.97 Å². The third-order valence-corrected chi connectivity index (χ3v) is 7.72. The predicted molar refractivity (Wildman–Crippen MR) is 102 cm³/mol. The van der Waals surface area contributed by atoms with Gasteiger partial charge in [0.05, 0.1) is 24.0 Å². The molecule has 1 aromatic rings. The molecule has 140 valence electrons. The first-order chi connectivity index (χ1) is 12.2. The Bertz CT molecular complexity index is 900. The monoisotopic (exact) mass is 416 g/mol. The van der Waals surface area contributed by atoms with Gasteiger partial charge in [0.25, 0.3) is 0 Å². The van der Waals surface area contributed by atoms with E-state index in [9.17, 15) is 18.0 Å². The Labute approximate surface area is 160 Å². The van der Waals surface area contributed by atoms with E-state index in [-0.39, 0.29) is 35.6 Å². The second-order valence-corrected chi connectivity index (χ2v) is 10.1. The van der Waals surface area contributed by atoms with Crippen molar-refractivity contribution in [3.8, 4) is 0 Å². The Morgan fingerprint density at radius 2 is 2.08 bits per heavy atom. The summed E-state index contributed by atoms with van der Waals surface area (Å²) in [5, 5.41) is 9.39. The van der Waals surface area contributed by atoms with Crippen LogP contribution in [-0.4, -0.2) is 53.4 Å². The number of benzene rings is 1. The van der Waals surface area contributed by atoms with E-state index in [0.29, 0.717) is 15.9 Å². The Morgan fingerprint density at radius 1 is 1.35 bits per heavy atom. The second-order valence-electron chi connectivity index (χ2n) is 6.28. The number of sulfone groups is 1. The lowest BCUT2D eigenvalue weighted by Gasteiger charge is -2.26. The fraction of sp³-hybridized carbons (Fsp3) is 0.438. The maximum absolute atomic E-state index is 12.0. The van der Waals surface area contributed by atoms with Gasteiger partial charge in [-0.1, -0.05) is 29.4 Å². The highest BCUT2D eigenvalue weighted by Gasteiger charge is 2.49. The number of aryl methyl sites for hydroxylation is 1. The molecule has 1 amide bonds. The molecule has 2 aliphatic rings. The molecule has 2 atom stereocenters. The van der Waals surface area contributed by atoms with Gasteiger partial charge in [0, 0.05) is 22.4 Å². The minimum Gasteiger partial charge on any atom is -0.481 e. The zero-order valence-electron chi connectivity index (χ0n) is 13.9. The highest BCUT2D eigenvalue weighted by Crippen LogP contribution is 2.42. The van der Waals surface area contributed by atoms with Crippen LogP contribution in [0.2, 0.25) is 5.02 Å². The number of aliphatic imine (C=N–C) groups is 1. The summed E-state index contributed by atoms with van der Waals surface area (Å²) in [4.78, 5) is 28.5. The number of amidine groups is 1. The molecule has 0 aliphatic carbocycles. The van der Waals surface area contributed by atoms with E-state index in [0.717, 1.165) is 5.56 Å². The molecular formula is C16H17ClN2O5S2. The third-order valence-electron chi connectivity index (χ3n) is 4.27. The highest BCUT2D eigenvalue weighted by atomic mass is 35.5. The molecule has 0 aromatic heterocycles. The average Bonchev–Trinajstić information content (AvgIpc) is 2.99. The summed E-state index contributed by atoms with van der Waals surface area (Å²) in [6.07, 6.45) is -0.493. The molecule has 2 heterocycles. The molecule has 2 saturated heterocycles. The van der Waals surface area contributed by atoms with Gasteiger partial charge in [-0.3, -0.25) is 9.59 Å². The number of nitrogens with zero attached hydrogens (tertiary/aromatic N) is 2. The first-order valence-electron chi connectivity index (χ1n) is 7.92. The van der Waals surface area contributed by atoms with Gasteiger partial charge in [-0.2, -0.15) is 4.99 Å². The summed E-state index contributed by atoms with van der Waals surface area (Å²) in [5.74, 6) is -1.59. The van der Waals surface area contributed by atoms with Crippen molar-refractivity contribution in [2.75, 3.05) is 16.4 Å². The summed E-state index contributed by atoms with van der Waals surface area (Å²) in [6, 6.07) is 4.96. The van der Waals surface area contributed by atoms with Crippen LogP contribution in [-0.2, 0) is 19.4 Å². The van der Waals surface area contributed by atoms with E-state index < -0.39 is 21.7 Å². The number of rotatable bonds is 4. The van der Waals surface area contributed by atoms with Gasteiger partial charge in [-0.15, -0.1) is 0 Å². The first-order valence-corrected chi connectivity index (χ1v) is 11.0. The van der Waals surface area contributed by atoms with Crippen LogP contribution in [0.1, 0.15) is 18.4 Å². The molecule has 2 fully saturated rings. The number of fused-ring (bicyclic) bond motifs is 1. The van der Waals surface area contributed by atoms with E-state index in [1.165, 1.54) is 11.8 Å². The summed E-state index contributed by atoms with van der Waals surface area (Å²) in [5.41, 5.74) is 1.59. The van der Waals surface area contributed by atoms with Crippen LogP contribution in [0, 0.1) is 6.92 Å². The summed E-state index contributed by atoms with van der Waals surface area (Å²) < 4.78 is 24.1. The normalized spacial score (nSPS) is 25.5. The van der Waals surface area contributed by atoms with Crippen LogP contribution in [0.4, 0.5) is 5.69 Å². The molecule has 0 radical (unpaired) electrons. The van der Waals surface area contributed by atoms with Crippen LogP contribution < -0.4 is 4.90 Å². The maximum atomic E-state index is 12.0. The van der Waals surface area contributed by atoms with E-state index in [1.807, 2.05) is 13.0 Å². The molecule has 1 N–H and O–H groups in total. The van der Waals surface area contributed by atoms with Crippen molar-refractivity contribution in [2.24, 2.45) is 4.99 Å². The molecule has 0 spiro atoms. The van der Waals surface area contributed by atoms with Crippen molar-refractivity contribution >= 4 is 55.9 Å². The standard InChI is InChI=1S/C16H17ClN2O5S2/c1-9-2-3-10(17)6-11(9)19-12-7-26(23,24)8-13(12)25-16(19)18-14(20)4-5-15(21)22/h2-3,6,12-13H,4-5,7-8H2,1H3,(H,21,22). The molecule has 2 aliphatic heterocycles. The minimum absolute atomic E-state index is 0.0149. The van der Waals surface area contributed by atoms with Crippen molar-refractivity contribution in [1.29, 1.82) is 0 Å². The van der Waals surface area contributed by atoms with Crippen molar-refractivity contribution in [1.82, 2.24) is 0 Å². The molecule has 26 heavy (non-hydrogen) atoms. The zero-order valence-corrected chi connectivity index (χ0v) is 16.3. The number of carbonyl (C=O) groups is 2. The molecule has 7 nitrogen and oxygen atoms in total. The van der Waals surface area contributed by atoms with Gasteiger partial charge in [0.2, 0.25) is 5.91 Å². The molecule has 0 saturated carbocycles. The van der Waals surface area contributed by atoms with Gasteiger partial charge < -0.3 is 10.0 Å². The summed E-state index contributed by atoms with van der Waals surface area (Å²) in [6.45, 7) is 1.87. The molecule has 10 heteroatoms. The number of thioether (sulfide) groups is 1. The van der Waals surface area contributed by atoms with E-state index in [2.05, 4.69) is 4.99 Å². The summed E-state index contributed by atoms with van der Waals surface area (Å²) in [7, 11) is -3.16. The first kappa shape index (κ1) is 19.2. The second kappa shape index (κ2) is 7.21. The van der Waals surface area contributed by atoms with Crippen LogP contribution in [0.25, 0.3) is 0 Å². The number of carboxylic acids is 1. The van der Waals surface area contributed by atoms with Crippen LogP contribution in [0.15, 0.2) is 23.2 Å². The van der Waals surface area contributed by atoms with Gasteiger partial charge in [-0.05, 0) is 24.6 Å².